The molecule has 6 rings (SSSR count). The Balaban J connectivity index is 1.14. The number of aromatic nitrogens is 2. The summed E-state index contributed by atoms with van der Waals surface area (Å²) in [5.74, 6) is -0.102. The molecule has 1 aliphatic carbocycles. The number of nitriles is 1. The Labute approximate surface area is 226 Å². The zero-order valence-corrected chi connectivity index (χ0v) is 21.5. The van der Waals surface area contributed by atoms with E-state index < -0.39 is 11.5 Å². The van der Waals surface area contributed by atoms with E-state index in [1.165, 1.54) is 0 Å². The number of ether oxygens (including phenoxy) is 1. The van der Waals surface area contributed by atoms with E-state index in [0.717, 1.165) is 60.0 Å². The summed E-state index contributed by atoms with van der Waals surface area (Å²) in [7, 11) is 0. The van der Waals surface area contributed by atoms with Crippen molar-refractivity contribution >= 4 is 23.0 Å². The van der Waals surface area contributed by atoms with Gasteiger partial charge in [-0.05, 0) is 84.7 Å². The van der Waals surface area contributed by atoms with Crippen molar-refractivity contribution in [3.63, 3.8) is 0 Å². The zero-order chi connectivity index (χ0) is 27.0. The maximum atomic E-state index is 13.0. The van der Waals surface area contributed by atoms with Crippen molar-refractivity contribution in [3.05, 3.63) is 89.7 Å². The third-order valence-electron chi connectivity index (χ3n) is 7.95. The number of hydrogen-bond acceptors (Lipinski definition) is 5. The molecule has 0 radical (unpaired) electrons. The van der Waals surface area contributed by atoms with Gasteiger partial charge in [0.1, 0.15) is 5.60 Å². The van der Waals surface area contributed by atoms with Gasteiger partial charge in [-0.1, -0.05) is 30.3 Å². The van der Waals surface area contributed by atoms with Gasteiger partial charge in [0.2, 0.25) is 5.91 Å². The third-order valence-corrected chi connectivity index (χ3v) is 7.95. The number of fused-ring (bicyclic) bond motifs is 1. The molecule has 2 fully saturated rings. The number of nitrogens with zero attached hydrogens (tertiary/aromatic N) is 4. The molecule has 1 saturated heterocycles. The summed E-state index contributed by atoms with van der Waals surface area (Å²) >= 11 is 0. The second kappa shape index (κ2) is 9.91. The van der Waals surface area contributed by atoms with Crippen LogP contribution in [0.15, 0.2) is 73.1 Å². The summed E-state index contributed by atoms with van der Waals surface area (Å²) in [5.41, 5.74) is 10.8. The van der Waals surface area contributed by atoms with E-state index in [0.29, 0.717) is 30.1 Å². The van der Waals surface area contributed by atoms with Crippen molar-refractivity contribution in [3.8, 4) is 17.2 Å². The Morgan fingerprint density at radius 1 is 1.13 bits per heavy atom. The molecule has 2 amide bonds. The predicted octanol–water partition coefficient (Wildman–Crippen LogP) is 5.26. The number of imidazole rings is 1. The van der Waals surface area contributed by atoms with Crippen LogP contribution in [-0.2, 0) is 17.8 Å². The maximum absolute atomic E-state index is 13.0. The molecule has 196 valence electrons. The Morgan fingerprint density at radius 3 is 2.77 bits per heavy atom. The monoisotopic (exact) mass is 519 g/mol. The molecule has 8 nitrogen and oxygen atoms in total. The number of nitrogens with two attached hydrogens (primary N) is 1. The smallest absolute Gasteiger partial charge is 0.410 e. The topological polar surface area (TPSA) is 114 Å². The predicted molar refractivity (Wildman–Crippen MR) is 146 cm³/mol. The standard InChI is InChI=1S/C31H29N5O3/c32-16-21-6-11-27-28(14-21)36(20-34-27)18-23-4-2-12-31(15-23)19-35(30(38)39-31)17-22-3-1-5-26(13-22)24-7-9-25(10-8-24)29(33)37/h1,3,5-11,13-14,20,23H,2,4,12,15,17-19H2,(H2,33,37)/t23-,31-/m0/s1. The molecule has 8 heteroatoms. The molecular formula is C31H29N5O3. The summed E-state index contributed by atoms with van der Waals surface area (Å²) < 4.78 is 8.19. The molecule has 2 atom stereocenters. The first kappa shape index (κ1) is 24.7. The van der Waals surface area contributed by atoms with Crippen molar-refractivity contribution in [2.45, 2.75) is 44.4 Å². The molecule has 2 N–H and O–H groups in total. The van der Waals surface area contributed by atoms with Gasteiger partial charge in [-0.25, -0.2) is 9.78 Å². The van der Waals surface area contributed by atoms with Gasteiger partial charge >= 0.3 is 6.09 Å². The second-order valence-corrected chi connectivity index (χ2v) is 10.7. The van der Waals surface area contributed by atoms with Crippen LogP contribution in [0.2, 0.25) is 0 Å². The third kappa shape index (κ3) is 4.96. The number of carbonyl (C=O) groups is 2. The first-order chi connectivity index (χ1) is 18.9. The molecular weight excluding hydrogens is 490 g/mol. The van der Waals surface area contributed by atoms with Gasteiger partial charge in [0.15, 0.2) is 0 Å². The lowest BCUT2D eigenvalue weighted by Gasteiger charge is -2.36. The molecule has 4 aromatic rings. The number of primary amides is 1. The van der Waals surface area contributed by atoms with Crippen molar-refractivity contribution < 1.29 is 14.3 Å². The van der Waals surface area contributed by atoms with E-state index >= 15 is 0 Å². The summed E-state index contributed by atoms with van der Waals surface area (Å²) in [6.07, 6.45) is 5.31. The quantitative estimate of drug-likeness (QED) is 0.373. The van der Waals surface area contributed by atoms with Gasteiger partial charge < -0.3 is 15.0 Å². The van der Waals surface area contributed by atoms with Gasteiger partial charge in [-0.15, -0.1) is 0 Å². The fourth-order valence-corrected chi connectivity index (χ4v) is 6.10. The van der Waals surface area contributed by atoms with Crippen LogP contribution in [0, 0.1) is 17.2 Å². The number of hydrogen-bond donors (Lipinski definition) is 1. The number of amides is 2. The van der Waals surface area contributed by atoms with Crippen molar-refractivity contribution in [1.82, 2.24) is 14.5 Å². The van der Waals surface area contributed by atoms with Crippen LogP contribution in [0.5, 0.6) is 0 Å². The van der Waals surface area contributed by atoms with Crippen LogP contribution < -0.4 is 5.73 Å². The molecule has 0 unspecified atom stereocenters. The molecule has 1 spiro atoms. The van der Waals surface area contributed by atoms with Crippen LogP contribution in [0.1, 0.15) is 47.2 Å². The number of rotatable bonds is 6. The fourth-order valence-electron chi connectivity index (χ4n) is 6.10. The Morgan fingerprint density at radius 2 is 1.97 bits per heavy atom. The fraction of sp³-hybridized carbons (Fsp3) is 0.290. The maximum Gasteiger partial charge on any atom is 0.410 e. The minimum Gasteiger partial charge on any atom is -0.441 e. The van der Waals surface area contributed by atoms with Gasteiger partial charge in [-0.3, -0.25) is 9.69 Å². The van der Waals surface area contributed by atoms with Gasteiger partial charge in [-0.2, -0.15) is 5.26 Å². The van der Waals surface area contributed by atoms with Crippen LogP contribution in [0.25, 0.3) is 22.2 Å². The zero-order valence-electron chi connectivity index (χ0n) is 21.5. The minimum atomic E-state index is -0.476. The van der Waals surface area contributed by atoms with Crippen LogP contribution in [-0.4, -0.2) is 38.6 Å². The normalized spacial score (nSPS) is 20.7. The van der Waals surface area contributed by atoms with E-state index in [1.54, 1.807) is 18.2 Å². The van der Waals surface area contributed by atoms with Crippen LogP contribution in [0.3, 0.4) is 0 Å². The Kier molecular flexibility index (Phi) is 6.27. The average Bonchev–Trinajstić information content (AvgIpc) is 3.47. The molecule has 2 heterocycles. The van der Waals surface area contributed by atoms with Crippen molar-refractivity contribution in [2.75, 3.05) is 6.54 Å². The second-order valence-electron chi connectivity index (χ2n) is 10.7. The summed E-state index contributed by atoms with van der Waals surface area (Å²) in [4.78, 5) is 30.7. The van der Waals surface area contributed by atoms with Gasteiger partial charge in [0.25, 0.3) is 0 Å². The van der Waals surface area contributed by atoms with E-state index in [4.69, 9.17) is 10.5 Å². The highest BCUT2D eigenvalue weighted by atomic mass is 16.6. The lowest BCUT2D eigenvalue weighted by molar-refractivity contribution is 0.00414. The molecule has 3 aromatic carbocycles. The van der Waals surface area contributed by atoms with E-state index in [2.05, 4.69) is 21.7 Å². The van der Waals surface area contributed by atoms with Crippen LogP contribution >= 0.6 is 0 Å². The first-order valence-corrected chi connectivity index (χ1v) is 13.2. The van der Waals surface area contributed by atoms with E-state index in [-0.39, 0.29) is 6.09 Å². The molecule has 0 bridgehead atoms. The molecule has 1 saturated carbocycles. The highest BCUT2D eigenvalue weighted by Crippen LogP contribution is 2.41. The summed E-state index contributed by atoms with van der Waals surface area (Å²) in [5, 5.41) is 9.29. The number of benzene rings is 3. The van der Waals surface area contributed by atoms with E-state index in [1.807, 2.05) is 53.7 Å². The SMILES string of the molecule is N#Cc1ccc2ncn(C[C@H]3CCC[C@]4(C3)CN(Cc3cccc(-c5ccc(C(N)=O)cc5)c3)C(=O)O4)c2c1. The minimum absolute atomic E-state index is 0.265. The van der Waals surface area contributed by atoms with Crippen LogP contribution in [0.4, 0.5) is 4.79 Å². The van der Waals surface area contributed by atoms with E-state index in [9.17, 15) is 14.9 Å². The molecule has 39 heavy (non-hydrogen) atoms. The van der Waals surface area contributed by atoms with Crippen molar-refractivity contribution in [2.24, 2.45) is 11.7 Å². The summed E-state index contributed by atoms with van der Waals surface area (Å²) in [6, 6.07) is 23.1. The highest BCUT2D eigenvalue weighted by Gasteiger charge is 2.47. The number of carbonyl (C=O) groups excluding carboxylic acids is 2. The summed E-state index contributed by atoms with van der Waals surface area (Å²) in [6.45, 7) is 1.83. The average molecular weight is 520 g/mol. The lowest BCUT2D eigenvalue weighted by Crippen LogP contribution is -2.40. The lowest BCUT2D eigenvalue weighted by atomic mass is 9.78. The van der Waals surface area contributed by atoms with Gasteiger partial charge in [0.05, 0.1) is 35.5 Å². The molecule has 1 aliphatic heterocycles. The van der Waals surface area contributed by atoms with Gasteiger partial charge in [0, 0.05) is 18.7 Å². The molecule has 1 aromatic heterocycles. The molecule has 2 aliphatic rings. The highest BCUT2D eigenvalue weighted by molar-refractivity contribution is 5.93. The van der Waals surface area contributed by atoms with Crippen molar-refractivity contribution in [1.29, 1.82) is 5.26 Å². The first-order valence-electron chi connectivity index (χ1n) is 13.2. The Hall–Kier alpha value is -4.64. The Bertz CT molecular complexity index is 1600. The largest absolute Gasteiger partial charge is 0.441 e.